The number of hydrogen-bond acceptors (Lipinski definition) is 5. The molecule has 8 nitrogen and oxygen atoms in total. The maximum absolute atomic E-state index is 12.6. The second-order valence-electron chi connectivity index (χ2n) is 5.90. The average Bonchev–Trinajstić information content (AvgIpc) is 3.14. The predicted molar refractivity (Wildman–Crippen MR) is 95.3 cm³/mol. The molecule has 3 aromatic rings. The van der Waals surface area contributed by atoms with Crippen LogP contribution in [0.15, 0.2) is 54.6 Å². The largest absolute Gasteiger partial charge is 0.494 e. The molecular weight excluding hydrogens is 350 g/mol. The maximum Gasteiger partial charge on any atom is 0.261 e. The third kappa shape index (κ3) is 2.69. The molecule has 1 aliphatic rings. The number of aromatic nitrogens is 1. The van der Waals surface area contributed by atoms with E-state index in [1.54, 1.807) is 24.3 Å². The molecule has 134 valence electrons. The van der Waals surface area contributed by atoms with Gasteiger partial charge in [-0.05, 0) is 30.3 Å². The lowest BCUT2D eigenvalue weighted by Gasteiger charge is -2.11. The van der Waals surface area contributed by atoms with Crippen LogP contribution in [0.25, 0.3) is 5.69 Å². The van der Waals surface area contributed by atoms with Crippen molar-refractivity contribution in [3.8, 4) is 17.4 Å². The molecule has 0 fully saturated rings. The van der Waals surface area contributed by atoms with Crippen LogP contribution in [-0.4, -0.2) is 32.5 Å². The van der Waals surface area contributed by atoms with Crippen molar-refractivity contribution in [2.24, 2.45) is 0 Å². The number of imide groups is 1. The van der Waals surface area contributed by atoms with Gasteiger partial charge in [0.25, 0.3) is 17.7 Å². The quantitative estimate of drug-likeness (QED) is 0.531. The van der Waals surface area contributed by atoms with Gasteiger partial charge in [-0.3, -0.25) is 24.3 Å². The van der Waals surface area contributed by atoms with Crippen LogP contribution < -0.4 is 10.6 Å². The highest BCUT2D eigenvalue weighted by atomic mass is 16.3. The van der Waals surface area contributed by atoms with Gasteiger partial charge >= 0.3 is 0 Å². The van der Waals surface area contributed by atoms with Gasteiger partial charge in [0.05, 0.1) is 22.5 Å². The van der Waals surface area contributed by atoms with Crippen molar-refractivity contribution in [2.45, 2.75) is 0 Å². The van der Waals surface area contributed by atoms with E-state index in [9.17, 15) is 24.6 Å². The summed E-state index contributed by atoms with van der Waals surface area (Å²) in [6.45, 7) is 0. The third-order valence-electron chi connectivity index (χ3n) is 4.22. The van der Waals surface area contributed by atoms with E-state index >= 15 is 0 Å². The smallest absolute Gasteiger partial charge is 0.261 e. The average molecular weight is 363 g/mol. The van der Waals surface area contributed by atoms with Crippen LogP contribution in [0, 0.1) is 0 Å². The fraction of sp³-hybridized carbons (Fsp3) is 0. The second-order valence-corrected chi connectivity index (χ2v) is 5.90. The number of fused-ring (bicyclic) bond motifs is 1. The molecule has 3 amide bonds. The molecule has 2 aromatic carbocycles. The van der Waals surface area contributed by atoms with Crippen LogP contribution in [0.3, 0.4) is 0 Å². The van der Waals surface area contributed by atoms with Gasteiger partial charge in [0.2, 0.25) is 0 Å². The number of amides is 3. The van der Waals surface area contributed by atoms with Gasteiger partial charge in [-0.25, -0.2) is 0 Å². The van der Waals surface area contributed by atoms with Gasteiger partial charge < -0.3 is 15.5 Å². The highest BCUT2D eigenvalue weighted by Crippen LogP contribution is 2.28. The highest BCUT2D eigenvalue weighted by molar-refractivity contribution is 6.25. The molecule has 0 radical (unpaired) electrons. The second kappa shape index (κ2) is 6.03. The summed E-state index contributed by atoms with van der Waals surface area (Å²) in [7, 11) is 0. The lowest BCUT2D eigenvalue weighted by molar-refractivity contribution is 0.0879. The summed E-state index contributed by atoms with van der Waals surface area (Å²) in [5, 5.41) is 24.5. The van der Waals surface area contributed by atoms with Crippen LogP contribution >= 0.6 is 0 Å². The molecule has 0 unspecified atom stereocenters. The van der Waals surface area contributed by atoms with Crippen molar-refractivity contribution >= 4 is 23.4 Å². The number of rotatable bonds is 3. The number of carbonyl (C=O) groups is 3. The molecule has 2 heterocycles. The van der Waals surface area contributed by atoms with Crippen molar-refractivity contribution in [1.82, 2.24) is 9.88 Å². The molecule has 8 heteroatoms. The van der Waals surface area contributed by atoms with Gasteiger partial charge in [-0.2, -0.15) is 0 Å². The van der Waals surface area contributed by atoms with E-state index < -0.39 is 17.7 Å². The Labute approximate surface area is 152 Å². The Hall–Kier alpha value is -4.07. The fourth-order valence-corrected chi connectivity index (χ4v) is 2.98. The molecule has 0 spiro atoms. The van der Waals surface area contributed by atoms with Gasteiger partial charge in [0, 0.05) is 17.7 Å². The molecule has 1 aromatic heterocycles. The lowest BCUT2D eigenvalue weighted by atomic mass is 10.1. The van der Waals surface area contributed by atoms with E-state index in [4.69, 9.17) is 0 Å². The number of nitrogens with zero attached hydrogens (tertiary/aromatic N) is 1. The van der Waals surface area contributed by atoms with Crippen molar-refractivity contribution in [3.63, 3.8) is 0 Å². The first-order chi connectivity index (χ1) is 13.0. The number of anilines is 1. The zero-order valence-electron chi connectivity index (χ0n) is 13.8. The summed E-state index contributed by atoms with van der Waals surface area (Å²) in [5.74, 6) is -1.95. The van der Waals surface area contributed by atoms with Crippen LogP contribution in [0.1, 0.15) is 31.1 Å². The molecule has 0 saturated heterocycles. The van der Waals surface area contributed by atoms with E-state index in [1.165, 1.54) is 34.9 Å². The van der Waals surface area contributed by atoms with Crippen molar-refractivity contribution in [3.05, 3.63) is 71.3 Å². The summed E-state index contributed by atoms with van der Waals surface area (Å²) in [6, 6.07) is 13.5. The molecule has 27 heavy (non-hydrogen) atoms. The zero-order chi connectivity index (χ0) is 19.1. The number of carbonyl (C=O) groups excluding carboxylic acids is 3. The monoisotopic (exact) mass is 363 g/mol. The first-order valence-electron chi connectivity index (χ1n) is 7.96. The van der Waals surface area contributed by atoms with E-state index in [-0.39, 0.29) is 34.1 Å². The van der Waals surface area contributed by atoms with Crippen molar-refractivity contribution in [1.29, 1.82) is 0 Å². The summed E-state index contributed by atoms with van der Waals surface area (Å²) in [5.41, 5.74) is 1.16. The van der Waals surface area contributed by atoms with Crippen LogP contribution in [0.5, 0.6) is 11.8 Å². The summed E-state index contributed by atoms with van der Waals surface area (Å²) < 4.78 is 1.17. The number of hydrogen-bond donors (Lipinski definition) is 4. The Morgan fingerprint density at radius 1 is 0.926 bits per heavy atom. The molecule has 0 atom stereocenters. The Morgan fingerprint density at radius 3 is 2.37 bits per heavy atom. The van der Waals surface area contributed by atoms with E-state index in [1.807, 2.05) is 0 Å². The first kappa shape index (κ1) is 16.4. The standard InChI is InChI=1S/C19H13N3O5/c23-14-7-8-15(24)22(14)11-4-1-3-10(9-11)17(25)20-13-6-2-5-12-16(13)19(27)21-18(12)26/h1-9,23-24H,(H,20,25)(H,21,26,27). The van der Waals surface area contributed by atoms with Crippen LogP contribution in [-0.2, 0) is 0 Å². The molecule has 1 aliphatic heterocycles. The Morgan fingerprint density at radius 2 is 1.63 bits per heavy atom. The van der Waals surface area contributed by atoms with Crippen molar-refractivity contribution in [2.75, 3.05) is 5.32 Å². The highest BCUT2D eigenvalue weighted by Gasteiger charge is 2.29. The molecular formula is C19H13N3O5. The topological polar surface area (TPSA) is 121 Å². The van der Waals surface area contributed by atoms with E-state index in [0.29, 0.717) is 5.69 Å². The minimum Gasteiger partial charge on any atom is -0.494 e. The summed E-state index contributed by atoms with van der Waals surface area (Å²) in [6.07, 6.45) is 0. The van der Waals surface area contributed by atoms with Gasteiger partial charge in [-0.1, -0.05) is 12.1 Å². The third-order valence-corrected chi connectivity index (χ3v) is 4.22. The lowest BCUT2D eigenvalue weighted by Crippen LogP contribution is -2.21. The normalized spacial score (nSPS) is 12.6. The Kier molecular flexibility index (Phi) is 3.66. The number of nitrogens with one attached hydrogen (secondary N) is 2. The first-order valence-corrected chi connectivity index (χ1v) is 7.96. The molecule has 4 rings (SSSR count). The zero-order valence-corrected chi connectivity index (χ0v) is 13.8. The SMILES string of the molecule is O=C(Nc1cccc2c1C(=O)NC2=O)c1cccc(-n2c(O)ccc2O)c1. The number of benzene rings is 2. The summed E-state index contributed by atoms with van der Waals surface area (Å²) in [4.78, 5) is 36.3. The van der Waals surface area contributed by atoms with E-state index in [2.05, 4.69) is 10.6 Å². The summed E-state index contributed by atoms with van der Waals surface area (Å²) >= 11 is 0. The molecule has 0 saturated carbocycles. The Bertz CT molecular complexity index is 1100. The van der Waals surface area contributed by atoms with Crippen molar-refractivity contribution < 1.29 is 24.6 Å². The molecule has 0 aliphatic carbocycles. The van der Waals surface area contributed by atoms with E-state index in [0.717, 1.165) is 0 Å². The predicted octanol–water partition coefficient (Wildman–Crippen LogP) is 2.02. The molecule has 4 N–H and O–H groups in total. The fourth-order valence-electron chi connectivity index (χ4n) is 2.98. The van der Waals surface area contributed by atoms with Crippen LogP contribution in [0.4, 0.5) is 5.69 Å². The minimum absolute atomic E-state index is 0.118. The van der Waals surface area contributed by atoms with Gasteiger partial charge in [0.1, 0.15) is 0 Å². The molecule has 0 bridgehead atoms. The Balaban J connectivity index is 1.67. The maximum atomic E-state index is 12.6. The van der Waals surface area contributed by atoms with Gasteiger partial charge in [-0.15, -0.1) is 0 Å². The minimum atomic E-state index is -0.568. The van der Waals surface area contributed by atoms with Gasteiger partial charge in [0.15, 0.2) is 11.8 Å². The number of aromatic hydroxyl groups is 2. The van der Waals surface area contributed by atoms with Crippen LogP contribution in [0.2, 0.25) is 0 Å².